The molecule has 1 aliphatic heterocycles. The minimum atomic E-state index is -3.53. The predicted molar refractivity (Wildman–Crippen MR) is 237 cm³/mol. The third kappa shape index (κ3) is 16.2. The van der Waals surface area contributed by atoms with Gasteiger partial charge in [-0.25, -0.2) is 19.2 Å². The number of hydrogen-bond donors (Lipinski definition) is 4. The number of aryl methyl sites for hydroxylation is 1. The Balaban J connectivity index is 0.000000208. The summed E-state index contributed by atoms with van der Waals surface area (Å²) >= 11 is 0. The van der Waals surface area contributed by atoms with Crippen molar-refractivity contribution in [3.8, 4) is 23.0 Å². The van der Waals surface area contributed by atoms with E-state index in [1.165, 1.54) is 19.2 Å². The number of nitrogens with one attached hydrogen (secondary N) is 4. The van der Waals surface area contributed by atoms with Crippen molar-refractivity contribution in [1.29, 1.82) is 0 Å². The first-order valence-corrected chi connectivity index (χ1v) is 21.2. The van der Waals surface area contributed by atoms with Crippen molar-refractivity contribution >= 4 is 57.2 Å². The summed E-state index contributed by atoms with van der Waals surface area (Å²) in [7, 11) is -2.26. The second-order valence-electron chi connectivity index (χ2n) is 13.9. The predicted octanol–water partition coefficient (Wildman–Crippen LogP) is 9.71. The number of carbonyl (C=O) groups excluding carboxylic acids is 4. The number of para-hydroxylation sites is 1. The molecule has 1 atom stereocenters. The van der Waals surface area contributed by atoms with Gasteiger partial charge in [0.25, 0.3) is 0 Å². The molecule has 0 fully saturated rings. The maximum absolute atomic E-state index is 11.8. The van der Waals surface area contributed by atoms with E-state index in [1.807, 2.05) is 52.0 Å². The third-order valence-electron chi connectivity index (χ3n) is 8.36. The van der Waals surface area contributed by atoms with Crippen molar-refractivity contribution in [1.82, 2.24) is 0 Å². The molecule has 17 nitrogen and oxygen atoms in total. The van der Waals surface area contributed by atoms with Gasteiger partial charge < -0.3 is 32.6 Å². The number of ether oxygens (including phenoxy) is 6. The molecule has 0 radical (unpaired) electrons. The van der Waals surface area contributed by atoms with Gasteiger partial charge in [-0.2, -0.15) is 8.42 Å². The van der Waals surface area contributed by atoms with Gasteiger partial charge in [-0.15, -0.1) is 0 Å². The Labute approximate surface area is 366 Å². The fourth-order valence-corrected chi connectivity index (χ4v) is 6.05. The Morgan fingerprint density at radius 2 is 1.14 bits per heavy atom. The molecule has 1 aliphatic rings. The highest BCUT2D eigenvalue weighted by Crippen LogP contribution is 2.44. The van der Waals surface area contributed by atoms with Crippen molar-refractivity contribution in [2.45, 2.75) is 46.3 Å². The Kier molecular flexibility index (Phi) is 17.7. The van der Waals surface area contributed by atoms with Gasteiger partial charge in [0.15, 0.2) is 0 Å². The van der Waals surface area contributed by atoms with Crippen molar-refractivity contribution in [3.63, 3.8) is 0 Å². The monoisotopic (exact) mass is 886 g/mol. The summed E-state index contributed by atoms with van der Waals surface area (Å²) in [6.07, 6.45) is -1.73. The zero-order valence-corrected chi connectivity index (χ0v) is 36.6. The van der Waals surface area contributed by atoms with Crippen LogP contribution in [0, 0.1) is 6.92 Å². The molecule has 0 spiro atoms. The van der Waals surface area contributed by atoms with Gasteiger partial charge >= 0.3 is 34.5 Å². The molecule has 0 saturated heterocycles. The van der Waals surface area contributed by atoms with Crippen LogP contribution in [0.2, 0.25) is 0 Å². The number of hydrogen-bond acceptors (Lipinski definition) is 13. The Bertz CT molecular complexity index is 2450. The maximum atomic E-state index is 11.8. The van der Waals surface area contributed by atoms with Gasteiger partial charge in [0, 0.05) is 47.1 Å². The van der Waals surface area contributed by atoms with Crippen LogP contribution in [0.4, 0.5) is 41.9 Å². The highest BCUT2D eigenvalue weighted by atomic mass is 32.2. The number of methoxy groups -OCH3 is 1. The van der Waals surface area contributed by atoms with E-state index in [9.17, 15) is 27.6 Å². The molecule has 1 unspecified atom stereocenters. The van der Waals surface area contributed by atoms with Crippen LogP contribution in [-0.2, 0) is 29.7 Å². The highest BCUT2D eigenvalue weighted by molar-refractivity contribution is 7.86. The molecule has 0 bridgehead atoms. The first-order valence-electron chi connectivity index (χ1n) is 19.4. The average Bonchev–Trinajstić information content (AvgIpc) is 3.46. The van der Waals surface area contributed by atoms with Gasteiger partial charge in [0.05, 0.1) is 25.4 Å². The summed E-state index contributed by atoms with van der Waals surface area (Å²) in [5.74, 6) is 1.60. The van der Waals surface area contributed by atoms with Crippen molar-refractivity contribution in [2.75, 3.05) is 47.8 Å². The fraction of sp³-hybridized carbons (Fsp3) is 0.244. The minimum Gasteiger partial charge on any atom is -0.464 e. The zero-order chi connectivity index (χ0) is 46.0. The third-order valence-corrected chi connectivity index (χ3v) is 8.86. The molecular formula is C45H50N4O13S. The van der Waals surface area contributed by atoms with Crippen LogP contribution in [0.25, 0.3) is 0 Å². The van der Waals surface area contributed by atoms with Gasteiger partial charge in [-0.05, 0) is 107 Å². The highest BCUT2D eigenvalue weighted by Gasteiger charge is 2.42. The number of fused-ring (bicyclic) bond motifs is 1. The summed E-state index contributed by atoms with van der Waals surface area (Å²) < 4.78 is 58.1. The number of anilines is 4. The normalized spacial score (nSPS) is 13.0. The summed E-state index contributed by atoms with van der Waals surface area (Å²) in [5, 5.41) is 10.3. The van der Waals surface area contributed by atoms with Crippen LogP contribution in [-0.4, -0.2) is 65.7 Å². The van der Waals surface area contributed by atoms with E-state index >= 15 is 0 Å². The largest absolute Gasteiger partial charge is 0.464 e. The van der Waals surface area contributed by atoms with Crippen LogP contribution in [0.15, 0.2) is 121 Å². The Morgan fingerprint density at radius 1 is 0.619 bits per heavy atom. The number of benzene rings is 5. The first-order chi connectivity index (χ1) is 30.0. The van der Waals surface area contributed by atoms with Gasteiger partial charge in [-0.3, -0.25) is 21.3 Å². The van der Waals surface area contributed by atoms with E-state index in [0.29, 0.717) is 46.6 Å². The average molecular weight is 887 g/mol. The lowest BCUT2D eigenvalue weighted by molar-refractivity contribution is -0.0981. The topological polar surface area (TPSA) is 215 Å². The van der Waals surface area contributed by atoms with Crippen LogP contribution >= 0.6 is 0 Å². The molecule has 5 aromatic rings. The molecular weight excluding hydrogens is 837 g/mol. The van der Waals surface area contributed by atoms with Gasteiger partial charge in [0.1, 0.15) is 23.0 Å². The van der Waals surface area contributed by atoms with Crippen molar-refractivity contribution < 1.29 is 60.2 Å². The lowest BCUT2D eigenvalue weighted by Crippen LogP contribution is -2.34. The quantitative estimate of drug-likeness (QED) is 0.0910. The van der Waals surface area contributed by atoms with Gasteiger partial charge in [-0.1, -0.05) is 42.5 Å². The van der Waals surface area contributed by atoms with Crippen molar-refractivity contribution in [3.05, 3.63) is 132 Å². The zero-order valence-electron chi connectivity index (χ0n) is 35.8. The standard InChI is InChI=1S/2C16H16N2O4.C13H18O5S/c1-11-5-3-6-12(9-11)18-16(20)22-14-8-4-7-13(10-14)17-15(19)21-2;1-2-21-15(19)18-13-9-6-10-14(11-13)22-16(20)17-12-7-4-3-5-8-12;1-5-16-12-13(2,3)10-8-9(18-19(4,14)15)6-7-11(10)17-12/h3-10H,1-2H3,(H,17,19)(H,18,20);3-11H,2H2,1H3,(H,17,20)(H,18,19);6-8,12H,5H2,1-4H3. The fourth-order valence-electron chi connectivity index (χ4n) is 5.60. The Morgan fingerprint density at radius 3 is 1.68 bits per heavy atom. The lowest BCUT2D eigenvalue weighted by atomic mass is 9.85. The number of amides is 4. The molecule has 4 amide bonds. The van der Waals surface area contributed by atoms with Crippen LogP contribution in [0.1, 0.15) is 38.8 Å². The molecule has 5 aromatic carbocycles. The molecule has 0 aromatic heterocycles. The van der Waals surface area contributed by atoms with Crippen LogP contribution in [0.3, 0.4) is 0 Å². The van der Waals surface area contributed by atoms with E-state index in [0.717, 1.165) is 17.4 Å². The van der Waals surface area contributed by atoms with E-state index in [2.05, 4.69) is 26.0 Å². The summed E-state index contributed by atoms with van der Waals surface area (Å²) in [6, 6.07) is 34.2. The van der Waals surface area contributed by atoms with E-state index < -0.39 is 34.5 Å². The smallest absolute Gasteiger partial charge is 0.417 e. The lowest BCUT2D eigenvalue weighted by Gasteiger charge is -2.25. The molecule has 0 aliphatic carbocycles. The summed E-state index contributed by atoms with van der Waals surface area (Å²) in [5.41, 5.74) is 3.77. The van der Waals surface area contributed by atoms with E-state index in [-0.39, 0.29) is 24.1 Å². The van der Waals surface area contributed by atoms with Crippen molar-refractivity contribution in [2.24, 2.45) is 0 Å². The SMILES string of the molecule is CCOC(=O)Nc1cccc(OC(=O)Nc2ccccc2)c1.CCOC1Oc2ccc(OS(C)(=O)=O)cc2C1(C)C.COC(=O)Nc1cccc(OC(=O)Nc2cccc(C)c2)c1. The first kappa shape index (κ1) is 48.4. The molecule has 18 heteroatoms. The molecule has 6 rings (SSSR count). The molecule has 0 saturated carbocycles. The van der Waals surface area contributed by atoms with Gasteiger partial charge in [0.2, 0.25) is 6.29 Å². The molecule has 63 heavy (non-hydrogen) atoms. The molecule has 1 heterocycles. The summed E-state index contributed by atoms with van der Waals surface area (Å²) in [4.78, 5) is 46.1. The number of rotatable bonds is 11. The minimum absolute atomic E-state index is 0.279. The van der Waals surface area contributed by atoms with E-state index in [1.54, 1.807) is 91.9 Å². The maximum Gasteiger partial charge on any atom is 0.417 e. The van der Waals surface area contributed by atoms with Crippen LogP contribution < -0.4 is 39.7 Å². The summed E-state index contributed by atoms with van der Waals surface area (Å²) in [6.45, 7) is 10.4. The van der Waals surface area contributed by atoms with E-state index in [4.69, 9.17) is 27.9 Å². The second kappa shape index (κ2) is 23.1. The Hall–Kier alpha value is -7.31. The molecule has 334 valence electrons. The molecule has 4 N–H and O–H groups in total. The number of carbonyl (C=O) groups is 4. The second-order valence-corrected chi connectivity index (χ2v) is 15.4. The van der Waals surface area contributed by atoms with Crippen LogP contribution in [0.5, 0.6) is 23.0 Å².